The van der Waals surface area contributed by atoms with Gasteiger partial charge in [-0.2, -0.15) is 0 Å². The lowest BCUT2D eigenvalue weighted by Crippen LogP contribution is -2.21. The summed E-state index contributed by atoms with van der Waals surface area (Å²) < 4.78 is 5.44. The SMILES string of the molecule is CCC(CC)C(=O)Nc1ccc2nc(C)oc2c1. The summed E-state index contributed by atoms with van der Waals surface area (Å²) in [5, 5.41) is 2.92. The minimum atomic E-state index is 0.0654. The van der Waals surface area contributed by atoms with Crippen molar-refractivity contribution in [2.45, 2.75) is 33.6 Å². The van der Waals surface area contributed by atoms with E-state index >= 15 is 0 Å². The molecule has 2 rings (SSSR count). The van der Waals surface area contributed by atoms with Crippen molar-refractivity contribution >= 4 is 22.7 Å². The summed E-state index contributed by atoms with van der Waals surface area (Å²) in [7, 11) is 0. The van der Waals surface area contributed by atoms with Gasteiger partial charge >= 0.3 is 0 Å². The van der Waals surface area contributed by atoms with E-state index in [1.807, 2.05) is 39.0 Å². The summed E-state index contributed by atoms with van der Waals surface area (Å²) in [6.45, 7) is 5.86. The Morgan fingerprint density at radius 2 is 2.11 bits per heavy atom. The van der Waals surface area contributed by atoms with Crippen molar-refractivity contribution in [3.05, 3.63) is 24.1 Å². The lowest BCUT2D eigenvalue weighted by atomic mass is 10.0. The zero-order chi connectivity index (χ0) is 13.1. The molecule has 0 aliphatic carbocycles. The standard InChI is InChI=1S/C14H18N2O2/c1-4-10(5-2)14(17)16-11-6-7-12-13(8-11)18-9(3)15-12/h6-8,10H,4-5H2,1-3H3,(H,16,17). The Bertz CT molecular complexity index is 556. The van der Waals surface area contributed by atoms with Gasteiger partial charge < -0.3 is 9.73 Å². The monoisotopic (exact) mass is 246 g/mol. The Labute approximate surface area is 106 Å². The predicted molar refractivity (Wildman–Crippen MR) is 71.4 cm³/mol. The second-order valence-electron chi connectivity index (χ2n) is 4.42. The third kappa shape index (κ3) is 2.53. The number of hydrogen-bond acceptors (Lipinski definition) is 3. The number of rotatable bonds is 4. The first kappa shape index (κ1) is 12.6. The van der Waals surface area contributed by atoms with E-state index in [0.29, 0.717) is 11.5 Å². The van der Waals surface area contributed by atoms with Gasteiger partial charge in [-0.3, -0.25) is 4.79 Å². The fourth-order valence-corrected chi connectivity index (χ4v) is 2.02. The van der Waals surface area contributed by atoms with Gasteiger partial charge in [-0.1, -0.05) is 13.8 Å². The number of fused-ring (bicyclic) bond motifs is 1. The highest BCUT2D eigenvalue weighted by atomic mass is 16.3. The van der Waals surface area contributed by atoms with Crippen LogP contribution in [0.3, 0.4) is 0 Å². The van der Waals surface area contributed by atoms with Crippen LogP contribution >= 0.6 is 0 Å². The minimum Gasteiger partial charge on any atom is -0.441 e. The van der Waals surface area contributed by atoms with Gasteiger partial charge in [0, 0.05) is 24.6 Å². The molecule has 0 bridgehead atoms. The van der Waals surface area contributed by atoms with Gasteiger partial charge in [0.25, 0.3) is 0 Å². The van der Waals surface area contributed by atoms with Crippen molar-refractivity contribution in [2.75, 3.05) is 5.32 Å². The third-order valence-corrected chi connectivity index (χ3v) is 3.12. The van der Waals surface area contributed by atoms with Crippen LogP contribution in [-0.4, -0.2) is 10.9 Å². The second-order valence-corrected chi connectivity index (χ2v) is 4.42. The number of benzene rings is 1. The second kappa shape index (κ2) is 5.21. The van der Waals surface area contributed by atoms with Crippen LogP contribution in [0.4, 0.5) is 5.69 Å². The first-order valence-corrected chi connectivity index (χ1v) is 6.32. The molecule has 0 radical (unpaired) electrons. The fraction of sp³-hybridized carbons (Fsp3) is 0.429. The van der Waals surface area contributed by atoms with E-state index in [0.717, 1.165) is 24.0 Å². The van der Waals surface area contributed by atoms with Crippen LogP contribution in [0.5, 0.6) is 0 Å². The first-order valence-electron chi connectivity index (χ1n) is 6.32. The molecule has 0 unspecified atom stereocenters. The van der Waals surface area contributed by atoms with Gasteiger partial charge in [-0.05, 0) is 25.0 Å². The predicted octanol–water partition coefficient (Wildman–Crippen LogP) is 3.51. The van der Waals surface area contributed by atoms with Crippen LogP contribution in [0.15, 0.2) is 22.6 Å². The van der Waals surface area contributed by atoms with Crippen molar-refractivity contribution in [3.63, 3.8) is 0 Å². The van der Waals surface area contributed by atoms with Crippen molar-refractivity contribution in [1.29, 1.82) is 0 Å². The van der Waals surface area contributed by atoms with Crippen LogP contribution in [0, 0.1) is 12.8 Å². The van der Waals surface area contributed by atoms with E-state index in [1.165, 1.54) is 0 Å². The number of amides is 1. The van der Waals surface area contributed by atoms with Crippen molar-refractivity contribution in [1.82, 2.24) is 4.98 Å². The number of carbonyl (C=O) groups is 1. The Hall–Kier alpha value is -1.84. The van der Waals surface area contributed by atoms with Crippen molar-refractivity contribution < 1.29 is 9.21 Å². The molecule has 0 saturated carbocycles. The molecule has 1 heterocycles. The number of aryl methyl sites for hydroxylation is 1. The van der Waals surface area contributed by atoms with Crippen LogP contribution in [0.2, 0.25) is 0 Å². The maximum Gasteiger partial charge on any atom is 0.227 e. The summed E-state index contributed by atoms with van der Waals surface area (Å²) in [6, 6.07) is 5.52. The largest absolute Gasteiger partial charge is 0.441 e. The average molecular weight is 246 g/mol. The van der Waals surface area contributed by atoms with E-state index in [-0.39, 0.29) is 11.8 Å². The summed E-state index contributed by atoms with van der Waals surface area (Å²) in [5.74, 6) is 0.765. The molecule has 1 aromatic carbocycles. The summed E-state index contributed by atoms with van der Waals surface area (Å²) in [5.41, 5.74) is 2.28. The molecular weight excluding hydrogens is 228 g/mol. The van der Waals surface area contributed by atoms with Crippen molar-refractivity contribution in [3.8, 4) is 0 Å². The minimum absolute atomic E-state index is 0.0654. The fourth-order valence-electron chi connectivity index (χ4n) is 2.02. The van der Waals surface area contributed by atoms with Crippen LogP contribution in [0.1, 0.15) is 32.6 Å². The molecule has 0 spiro atoms. The highest BCUT2D eigenvalue weighted by Crippen LogP contribution is 2.21. The number of oxazole rings is 1. The molecule has 18 heavy (non-hydrogen) atoms. The number of aromatic nitrogens is 1. The quantitative estimate of drug-likeness (QED) is 0.898. The molecular formula is C14H18N2O2. The van der Waals surface area contributed by atoms with Gasteiger partial charge in [0.1, 0.15) is 5.52 Å². The molecule has 96 valence electrons. The molecule has 4 heteroatoms. The molecule has 0 saturated heterocycles. The van der Waals surface area contributed by atoms with E-state index in [4.69, 9.17) is 4.42 Å². The topological polar surface area (TPSA) is 55.1 Å². The van der Waals surface area contributed by atoms with Crippen LogP contribution in [0.25, 0.3) is 11.1 Å². The first-order chi connectivity index (χ1) is 8.63. The van der Waals surface area contributed by atoms with Gasteiger partial charge in [0.15, 0.2) is 11.5 Å². The molecule has 1 amide bonds. The highest BCUT2D eigenvalue weighted by molar-refractivity contribution is 5.94. The number of hydrogen-bond donors (Lipinski definition) is 1. The maximum atomic E-state index is 12.0. The Morgan fingerprint density at radius 1 is 1.39 bits per heavy atom. The molecule has 1 aromatic heterocycles. The Kier molecular flexibility index (Phi) is 3.65. The average Bonchev–Trinajstić information content (AvgIpc) is 2.70. The lowest BCUT2D eigenvalue weighted by Gasteiger charge is -2.12. The number of nitrogens with one attached hydrogen (secondary N) is 1. The van der Waals surface area contributed by atoms with Crippen LogP contribution < -0.4 is 5.32 Å². The van der Waals surface area contributed by atoms with E-state index in [9.17, 15) is 4.79 Å². The molecule has 0 aliphatic rings. The van der Waals surface area contributed by atoms with Crippen LogP contribution in [-0.2, 0) is 4.79 Å². The number of carbonyl (C=O) groups excluding carboxylic acids is 1. The van der Waals surface area contributed by atoms with E-state index in [2.05, 4.69) is 10.3 Å². The van der Waals surface area contributed by atoms with E-state index < -0.39 is 0 Å². The summed E-state index contributed by atoms with van der Waals surface area (Å²) >= 11 is 0. The smallest absolute Gasteiger partial charge is 0.227 e. The van der Waals surface area contributed by atoms with Crippen molar-refractivity contribution in [2.24, 2.45) is 5.92 Å². The maximum absolute atomic E-state index is 12.0. The molecule has 0 aliphatic heterocycles. The number of nitrogens with zero attached hydrogens (tertiary/aromatic N) is 1. The van der Waals surface area contributed by atoms with Gasteiger partial charge in [-0.15, -0.1) is 0 Å². The highest BCUT2D eigenvalue weighted by Gasteiger charge is 2.14. The molecule has 0 fully saturated rings. The lowest BCUT2D eigenvalue weighted by molar-refractivity contribution is -0.120. The van der Waals surface area contributed by atoms with Gasteiger partial charge in [0.05, 0.1) is 0 Å². The normalized spacial score (nSPS) is 11.1. The van der Waals surface area contributed by atoms with Gasteiger partial charge in [0.2, 0.25) is 5.91 Å². The molecule has 1 N–H and O–H groups in total. The molecule has 2 aromatic rings. The Morgan fingerprint density at radius 3 is 2.78 bits per heavy atom. The molecule has 0 atom stereocenters. The third-order valence-electron chi connectivity index (χ3n) is 3.12. The zero-order valence-electron chi connectivity index (χ0n) is 11.0. The zero-order valence-corrected chi connectivity index (χ0v) is 11.0. The molecule has 4 nitrogen and oxygen atoms in total. The number of anilines is 1. The summed E-state index contributed by atoms with van der Waals surface area (Å²) in [6.07, 6.45) is 1.71. The van der Waals surface area contributed by atoms with E-state index in [1.54, 1.807) is 0 Å². The van der Waals surface area contributed by atoms with Gasteiger partial charge in [-0.25, -0.2) is 4.98 Å². The summed E-state index contributed by atoms with van der Waals surface area (Å²) in [4.78, 5) is 16.2. The Balaban J connectivity index is 2.18.